The Morgan fingerprint density at radius 2 is 1.32 bits per heavy atom. The number of rotatable bonds is 12. The molecule has 5 heteroatoms. The van der Waals surface area contributed by atoms with E-state index in [1.54, 1.807) is 0 Å². The van der Waals surface area contributed by atoms with Gasteiger partial charge in [0.2, 0.25) is 5.78 Å². The van der Waals surface area contributed by atoms with E-state index in [2.05, 4.69) is 0 Å². The first-order chi connectivity index (χ1) is 18.5. The summed E-state index contributed by atoms with van der Waals surface area (Å²) in [6.45, 7) is 13.6. The van der Waals surface area contributed by atoms with Crippen LogP contribution in [0.25, 0.3) is 0 Å². The number of Topliss-reactive ketones (excluding diaryl/α,β-unsaturated/α-hetero) is 5. The van der Waals surface area contributed by atoms with Crippen LogP contribution >= 0.6 is 0 Å². The second-order valence-corrected chi connectivity index (χ2v) is 17.0. The monoisotopic (exact) mass is 552 g/mol. The molecule has 5 fully saturated rings. The summed E-state index contributed by atoms with van der Waals surface area (Å²) in [5, 5.41) is 0. The molecule has 40 heavy (non-hydrogen) atoms. The van der Waals surface area contributed by atoms with Crippen molar-refractivity contribution < 1.29 is 24.0 Å². The van der Waals surface area contributed by atoms with Gasteiger partial charge in [-0.2, -0.15) is 0 Å². The van der Waals surface area contributed by atoms with Gasteiger partial charge in [-0.15, -0.1) is 0 Å². The van der Waals surface area contributed by atoms with E-state index >= 15 is 0 Å². The number of hydrogen-bond acceptors (Lipinski definition) is 5. The second kappa shape index (κ2) is 9.69. The van der Waals surface area contributed by atoms with E-state index in [4.69, 9.17) is 0 Å². The molecule has 3 spiro atoms. The molecule has 5 rings (SSSR count). The second-order valence-electron chi connectivity index (χ2n) is 17.0. The van der Waals surface area contributed by atoms with Crippen LogP contribution < -0.4 is 0 Å². The highest BCUT2D eigenvalue weighted by Gasteiger charge is 2.95. The number of hydrogen-bond donors (Lipinski definition) is 0. The van der Waals surface area contributed by atoms with Crippen molar-refractivity contribution in [1.82, 2.24) is 0 Å². The van der Waals surface area contributed by atoms with E-state index in [-0.39, 0.29) is 52.4 Å². The molecule has 222 valence electrons. The predicted molar refractivity (Wildman–Crippen MR) is 154 cm³/mol. The van der Waals surface area contributed by atoms with Crippen molar-refractivity contribution in [2.45, 2.75) is 132 Å². The molecule has 4 unspecified atom stereocenters. The molecule has 5 aliphatic carbocycles. The van der Waals surface area contributed by atoms with Gasteiger partial charge in [-0.25, -0.2) is 0 Å². The first-order valence-corrected chi connectivity index (χ1v) is 16.1. The molecule has 0 aliphatic heterocycles. The van der Waals surface area contributed by atoms with E-state index in [1.807, 2.05) is 41.5 Å². The van der Waals surface area contributed by atoms with Crippen LogP contribution in [0.4, 0.5) is 0 Å². The van der Waals surface area contributed by atoms with Crippen LogP contribution in [-0.4, -0.2) is 28.9 Å². The molecule has 5 saturated carbocycles. The van der Waals surface area contributed by atoms with Crippen LogP contribution in [0.15, 0.2) is 0 Å². The summed E-state index contributed by atoms with van der Waals surface area (Å²) in [4.78, 5) is 66.9. The molecule has 5 aliphatic rings. The Labute approximate surface area is 241 Å². The van der Waals surface area contributed by atoms with Gasteiger partial charge < -0.3 is 0 Å². The van der Waals surface area contributed by atoms with Crippen LogP contribution in [0.5, 0.6) is 0 Å². The topological polar surface area (TPSA) is 85.3 Å². The highest BCUT2D eigenvalue weighted by molar-refractivity contribution is 6.37. The smallest absolute Gasteiger partial charge is 0.201 e. The minimum absolute atomic E-state index is 0.0151. The van der Waals surface area contributed by atoms with Crippen LogP contribution in [0.2, 0.25) is 0 Å². The van der Waals surface area contributed by atoms with Crippen molar-refractivity contribution in [2.24, 2.45) is 56.7 Å². The molecule has 0 saturated heterocycles. The van der Waals surface area contributed by atoms with Gasteiger partial charge in [-0.05, 0) is 77.9 Å². The minimum Gasteiger partial charge on any atom is -0.300 e. The van der Waals surface area contributed by atoms with Gasteiger partial charge in [0.15, 0.2) is 5.78 Å². The molecule has 0 radical (unpaired) electrons. The van der Waals surface area contributed by atoms with E-state index in [0.717, 1.165) is 32.1 Å². The summed E-state index contributed by atoms with van der Waals surface area (Å²) in [7, 11) is 0. The Morgan fingerprint density at radius 3 is 1.75 bits per heavy atom. The standard InChI is InChI=1S/C35H52O5/c1-21(36)29(39)23(15-22-9-8-10-22)16-28(38)25-19-35(33(11-12-33)34(35)13-14-34)20-26(25)30(40)27(32(5,6)7)17-24(37)18-31(2,3)4/h22-23,25-27H,8-20H2,1-7H3. The SMILES string of the molecule is CC(=O)C(=O)C(CC(=O)C1CC2(CC1C(=O)C(CC(=O)CC(C)(C)C)C(C)(C)C)C1(CC1)C21CC1)CC1CCC1. The maximum absolute atomic E-state index is 14.5. The maximum atomic E-state index is 14.5. The molecule has 0 aromatic rings. The summed E-state index contributed by atoms with van der Waals surface area (Å²) in [6.07, 6.45) is 11.0. The Balaban J connectivity index is 1.40. The van der Waals surface area contributed by atoms with Gasteiger partial charge in [-0.3, -0.25) is 24.0 Å². The van der Waals surface area contributed by atoms with Crippen molar-refractivity contribution in [3.8, 4) is 0 Å². The van der Waals surface area contributed by atoms with Gasteiger partial charge in [0, 0.05) is 49.9 Å². The van der Waals surface area contributed by atoms with E-state index in [0.29, 0.717) is 29.6 Å². The molecular formula is C35H52O5. The molecule has 0 heterocycles. The fourth-order valence-electron chi connectivity index (χ4n) is 9.80. The lowest BCUT2D eigenvalue weighted by molar-refractivity contribution is -0.141. The molecule has 4 atom stereocenters. The third-order valence-electron chi connectivity index (χ3n) is 12.1. The zero-order chi connectivity index (χ0) is 29.5. The Morgan fingerprint density at radius 1 is 0.775 bits per heavy atom. The normalized spacial score (nSPS) is 28.7. The number of fused-ring (bicyclic) bond motifs is 3. The van der Waals surface area contributed by atoms with E-state index in [9.17, 15) is 24.0 Å². The zero-order valence-electron chi connectivity index (χ0n) is 26.1. The average Bonchev–Trinajstić information content (AvgIpc) is 3.74. The van der Waals surface area contributed by atoms with Crippen LogP contribution in [0, 0.1) is 56.7 Å². The summed E-state index contributed by atoms with van der Waals surface area (Å²) in [5.74, 6) is -1.99. The lowest BCUT2D eigenvalue weighted by Gasteiger charge is -2.33. The molecule has 0 bridgehead atoms. The number of carbonyl (C=O) groups is 5. The van der Waals surface area contributed by atoms with E-state index < -0.39 is 29.3 Å². The first-order valence-electron chi connectivity index (χ1n) is 16.1. The highest BCUT2D eigenvalue weighted by atomic mass is 16.2. The quantitative estimate of drug-likeness (QED) is 0.241. The molecule has 0 aromatic heterocycles. The third kappa shape index (κ3) is 4.89. The van der Waals surface area contributed by atoms with Crippen molar-refractivity contribution >= 4 is 28.9 Å². The Bertz CT molecular complexity index is 1080. The van der Waals surface area contributed by atoms with Gasteiger partial charge in [0.25, 0.3) is 0 Å². The van der Waals surface area contributed by atoms with Gasteiger partial charge in [-0.1, -0.05) is 60.8 Å². The zero-order valence-corrected chi connectivity index (χ0v) is 26.1. The molecule has 0 aromatic carbocycles. The van der Waals surface area contributed by atoms with Crippen LogP contribution in [0.3, 0.4) is 0 Å². The maximum Gasteiger partial charge on any atom is 0.201 e. The van der Waals surface area contributed by atoms with Crippen LogP contribution in [0.1, 0.15) is 132 Å². The largest absolute Gasteiger partial charge is 0.300 e. The van der Waals surface area contributed by atoms with Crippen molar-refractivity contribution in [3.05, 3.63) is 0 Å². The number of carbonyl (C=O) groups excluding carboxylic acids is 5. The molecule has 5 nitrogen and oxygen atoms in total. The van der Waals surface area contributed by atoms with Gasteiger partial charge in [0.1, 0.15) is 17.3 Å². The van der Waals surface area contributed by atoms with Crippen molar-refractivity contribution in [1.29, 1.82) is 0 Å². The van der Waals surface area contributed by atoms with Crippen molar-refractivity contribution in [3.63, 3.8) is 0 Å². The summed E-state index contributed by atoms with van der Waals surface area (Å²) in [6, 6.07) is 0. The number of ketones is 5. The van der Waals surface area contributed by atoms with Gasteiger partial charge >= 0.3 is 0 Å². The summed E-state index contributed by atoms with van der Waals surface area (Å²) >= 11 is 0. The summed E-state index contributed by atoms with van der Waals surface area (Å²) < 4.78 is 0. The minimum atomic E-state index is -0.557. The molecule has 0 N–H and O–H groups in total. The van der Waals surface area contributed by atoms with Crippen molar-refractivity contribution in [2.75, 3.05) is 0 Å². The predicted octanol–water partition coefficient (Wildman–Crippen LogP) is 7.12. The lowest BCUT2D eigenvalue weighted by Crippen LogP contribution is -2.39. The average molecular weight is 553 g/mol. The third-order valence-corrected chi connectivity index (χ3v) is 12.1. The Kier molecular flexibility index (Phi) is 7.23. The van der Waals surface area contributed by atoms with Crippen LogP contribution in [-0.2, 0) is 24.0 Å². The first kappa shape index (κ1) is 29.8. The fourth-order valence-corrected chi connectivity index (χ4v) is 9.80. The van der Waals surface area contributed by atoms with E-state index in [1.165, 1.54) is 32.6 Å². The fraction of sp³-hybridized carbons (Fsp3) is 0.857. The lowest BCUT2D eigenvalue weighted by atomic mass is 9.69. The Hall–Kier alpha value is -1.65. The molecule has 0 amide bonds. The summed E-state index contributed by atoms with van der Waals surface area (Å²) in [5.41, 5.74) is 0.249. The van der Waals surface area contributed by atoms with Gasteiger partial charge in [0.05, 0.1) is 0 Å². The highest BCUT2D eigenvalue weighted by Crippen LogP contribution is 3.02. The molecular weight excluding hydrogens is 500 g/mol.